The Balaban J connectivity index is 1.57. The van der Waals surface area contributed by atoms with Gasteiger partial charge in [0.2, 0.25) is 0 Å². The van der Waals surface area contributed by atoms with Crippen molar-refractivity contribution in [1.29, 1.82) is 0 Å². The highest BCUT2D eigenvalue weighted by Gasteiger charge is 2.34. The van der Waals surface area contributed by atoms with Gasteiger partial charge in [0.15, 0.2) is 0 Å². The lowest BCUT2D eigenvalue weighted by Crippen LogP contribution is -2.30. The normalized spacial score (nSPS) is 15.2. The average molecular weight is 350 g/mol. The molecule has 6 nitrogen and oxygen atoms in total. The van der Waals surface area contributed by atoms with Gasteiger partial charge >= 0.3 is 0 Å². The molecule has 2 aromatic heterocycles. The maximum absolute atomic E-state index is 12.8. The van der Waals surface area contributed by atoms with Crippen molar-refractivity contribution in [1.82, 2.24) is 19.9 Å². The van der Waals surface area contributed by atoms with Crippen LogP contribution in [0.5, 0.6) is 0 Å². The fourth-order valence-electron chi connectivity index (χ4n) is 3.31. The van der Waals surface area contributed by atoms with Crippen molar-refractivity contribution in [3.05, 3.63) is 59.7 Å². The van der Waals surface area contributed by atoms with Crippen LogP contribution >= 0.6 is 0 Å². The van der Waals surface area contributed by atoms with Crippen molar-refractivity contribution in [2.45, 2.75) is 32.4 Å². The molecule has 3 aromatic rings. The number of fused-ring (bicyclic) bond motifs is 1. The zero-order chi connectivity index (χ0) is 18.1. The van der Waals surface area contributed by atoms with Crippen molar-refractivity contribution in [2.75, 3.05) is 6.61 Å². The van der Waals surface area contributed by atoms with E-state index in [1.165, 1.54) is 0 Å². The molecule has 2 heterocycles. The second kappa shape index (κ2) is 6.88. The van der Waals surface area contributed by atoms with Crippen LogP contribution in [0, 0.1) is 12.8 Å². The largest absolute Gasteiger partial charge is 0.395 e. The fraction of sp³-hybridized carbons (Fsp3) is 0.350. The van der Waals surface area contributed by atoms with Crippen molar-refractivity contribution in [3.8, 4) is 0 Å². The van der Waals surface area contributed by atoms with E-state index in [4.69, 9.17) is 5.11 Å². The Kier molecular flexibility index (Phi) is 4.42. The molecule has 0 spiro atoms. The summed E-state index contributed by atoms with van der Waals surface area (Å²) in [6.07, 6.45) is 5.72. The summed E-state index contributed by atoms with van der Waals surface area (Å²) in [5.74, 6) is 0.351. The number of imidazole rings is 1. The van der Waals surface area contributed by atoms with E-state index in [2.05, 4.69) is 15.3 Å². The third-order valence-corrected chi connectivity index (χ3v) is 4.86. The van der Waals surface area contributed by atoms with Crippen LogP contribution in [0.1, 0.15) is 40.5 Å². The van der Waals surface area contributed by atoms with E-state index in [0.29, 0.717) is 18.0 Å². The molecule has 1 aliphatic rings. The van der Waals surface area contributed by atoms with Crippen molar-refractivity contribution >= 4 is 16.9 Å². The number of rotatable bonds is 6. The third-order valence-electron chi connectivity index (χ3n) is 4.86. The Labute approximate surface area is 151 Å². The van der Waals surface area contributed by atoms with E-state index < -0.39 is 0 Å². The molecule has 6 heteroatoms. The van der Waals surface area contributed by atoms with Crippen LogP contribution in [0.15, 0.2) is 42.9 Å². The predicted molar refractivity (Wildman–Crippen MR) is 98.7 cm³/mol. The van der Waals surface area contributed by atoms with E-state index in [1.807, 2.05) is 29.7 Å². The summed E-state index contributed by atoms with van der Waals surface area (Å²) < 4.78 is 1.88. The molecule has 1 aromatic carbocycles. The number of hydrogen-bond donors (Lipinski definition) is 2. The highest BCUT2D eigenvalue weighted by atomic mass is 16.3. The molecule has 0 saturated heterocycles. The van der Waals surface area contributed by atoms with Gasteiger partial charge in [-0.15, -0.1) is 0 Å². The summed E-state index contributed by atoms with van der Waals surface area (Å²) in [4.78, 5) is 21.6. The van der Waals surface area contributed by atoms with Gasteiger partial charge in [0.05, 0.1) is 35.7 Å². The number of aliphatic hydroxyl groups excluding tert-OH is 1. The van der Waals surface area contributed by atoms with Crippen LogP contribution in [-0.4, -0.2) is 32.2 Å². The molecule has 26 heavy (non-hydrogen) atoms. The summed E-state index contributed by atoms with van der Waals surface area (Å²) in [5, 5.41) is 12.3. The number of amides is 1. The summed E-state index contributed by atoms with van der Waals surface area (Å²) in [6.45, 7) is 2.58. The monoisotopic (exact) mass is 350 g/mol. The minimum Gasteiger partial charge on any atom is -0.395 e. The molecule has 1 fully saturated rings. The quantitative estimate of drug-likeness (QED) is 0.716. The van der Waals surface area contributed by atoms with Gasteiger partial charge in [-0.1, -0.05) is 0 Å². The number of aryl methyl sites for hydroxylation is 1. The standard InChI is InChI=1S/C20H22N4O2/c1-13-6-7-21-17(10-13)19(14-2-3-14)23-20(26)15-4-5-18-16(11-15)22-12-24(18)8-9-25/h4-7,10-12,14,19,25H,2-3,8-9H2,1H3,(H,23,26)/t19-/m0/s1. The second-order valence-corrected chi connectivity index (χ2v) is 6.91. The number of nitrogens with one attached hydrogen (secondary N) is 1. The molecule has 0 bridgehead atoms. The number of nitrogens with zero attached hydrogens (tertiary/aromatic N) is 3. The first-order valence-electron chi connectivity index (χ1n) is 8.95. The average Bonchev–Trinajstić information content (AvgIpc) is 3.41. The Hall–Kier alpha value is -2.73. The number of carbonyl (C=O) groups is 1. The lowest BCUT2D eigenvalue weighted by molar-refractivity contribution is 0.0930. The molecule has 1 saturated carbocycles. The van der Waals surface area contributed by atoms with Gasteiger partial charge in [-0.25, -0.2) is 4.98 Å². The van der Waals surface area contributed by atoms with Crippen LogP contribution < -0.4 is 5.32 Å². The van der Waals surface area contributed by atoms with Crippen molar-refractivity contribution in [2.24, 2.45) is 5.92 Å². The molecule has 0 aliphatic heterocycles. The summed E-state index contributed by atoms with van der Waals surface area (Å²) in [7, 11) is 0. The van der Waals surface area contributed by atoms with Gasteiger partial charge in [-0.3, -0.25) is 9.78 Å². The van der Waals surface area contributed by atoms with Crippen LogP contribution in [0.25, 0.3) is 11.0 Å². The van der Waals surface area contributed by atoms with Gasteiger partial charge < -0.3 is 15.0 Å². The predicted octanol–water partition coefficient (Wildman–Crippen LogP) is 2.61. The Bertz CT molecular complexity index is 946. The zero-order valence-electron chi connectivity index (χ0n) is 14.7. The first-order valence-corrected chi connectivity index (χ1v) is 8.95. The first-order chi connectivity index (χ1) is 12.7. The second-order valence-electron chi connectivity index (χ2n) is 6.91. The third kappa shape index (κ3) is 3.32. The smallest absolute Gasteiger partial charge is 0.251 e. The summed E-state index contributed by atoms with van der Waals surface area (Å²) in [5.41, 5.74) is 4.32. The molecule has 2 N–H and O–H groups in total. The molecule has 0 unspecified atom stereocenters. The van der Waals surface area contributed by atoms with Crippen molar-refractivity contribution in [3.63, 3.8) is 0 Å². The van der Waals surface area contributed by atoms with Gasteiger partial charge in [0, 0.05) is 18.3 Å². The molecular formula is C20H22N4O2. The Morgan fingerprint density at radius 2 is 2.15 bits per heavy atom. The van der Waals surface area contributed by atoms with Gasteiger partial charge in [-0.05, 0) is 61.6 Å². The molecule has 1 atom stereocenters. The van der Waals surface area contributed by atoms with Crippen LogP contribution in [0.3, 0.4) is 0 Å². The van der Waals surface area contributed by atoms with E-state index in [1.54, 1.807) is 24.7 Å². The van der Waals surface area contributed by atoms with Crippen LogP contribution in [0.2, 0.25) is 0 Å². The molecule has 1 amide bonds. The minimum absolute atomic E-state index is 0.0509. The number of benzene rings is 1. The maximum Gasteiger partial charge on any atom is 0.251 e. The molecule has 0 radical (unpaired) electrons. The number of hydrogen-bond acceptors (Lipinski definition) is 4. The lowest BCUT2D eigenvalue weighted by atomic mass is 10.1. The Morgan fingerprint density at radius 1 is 1.31 bits per heavy atom. The summed E-state index contributed by atoms with van der Waals surface area (Å²) in [6, 6.07) is 9.44. The van der Waals surface area contributed by atoms with E-state index in [-0.39, 0.29) is 18.6 Å². The van der Waals surface area contributed by atoms with Gasteiger partial charge in [-0.2, -0.15) is 0 Å². The highest BCUT2D eigenvalue weighted by molar-refractivity contribution is 5.97. The van der Waals surface area contributed by atoms with Crippen LogP contribution in [0.4, 0.5) is 0 Å². The molecular weight excluding hydrogens is 328 g/mol. The van der Waals surface area contributed by atoms with E-state index in [0.717, 1.165) is 35.1 Å². The number of carbonyl (C=O) groups excluding carboxylic acids is 1. The number of aromatic nitrogens is 3. The highest BCUT2D eigenvalue weighted by Crippen LogP contribution is 2.40. The summed E-state index contributed by atoms with van der Waals surface area (Å²) >= 11 is 0. The molecule has 134 valence electrons. The number of pyridine rings is 1. The first kappa shape index (κ1) is 16.7. The number of aliphatic hydroxyl groups is 1. The van der Waals surface area contributed by atoms with Crippen molar-refractivity contribution < 1.29 is 9.90 Å². The molecule has 1 aliphatic carbocycles. The molecule has 4 rings (SSSR count). The topological polar surface area (TPSA) is 80.0 Å². The zero-order valence-corrected chi connectivity index (χ0v) is 14.7. The SMILES string of the molecule is Cc1ccnc([C@@H](NC(=O)c2ccc3c(c2)ncn3CCO)C2CC2)c1. The van der Waals surface area contributed by atoms with E-state index in [9.17, 15) is 4.79 Å². The van der Waals surface area contributed by atoms with E-state index >= 15 is 0 Å². The minimum atomic E-state index is -0.108. The maximum atomic E-state index is 12.8. The lowest BCUT2D eigenvalue weighted by Gasteiger charge is -2.18. The van der Waals surface area contributed by atoms with Crippen LogP contribution in [-0.2, 0) is 6.54 Å². The fourth-order valence-corrected chi connectivity index (χ4v) is 3.31. The van der Waals surface area contributed by atoms with Gasteiger partial charge in [0.25, 0.3) is 5.91 Å². The Morgan fingerprint density at radius 3 is 2.88 bits per heavy atom. The van der Waals surface area contributed by atoms with Gasteiger partial charge in [0.1, 0.15) is 0 Å².